The molecule has 0 atom stereocenters. The van der Waals surface area contributed by atoms with E-state index in [4.69, 9.17) is 4.99 Å². The van der Waals surface area contributed by atoms with Gasteiger partial charge in [0.15, 0.2) is 11.8 Å². The standard InChI is InChI=1S/C21H33N7.HI/c1-4-22-21(24-15-20-26-25-17(2)27(20)3)23-14-18-8-10-19(11-9-18)16-28-12-6-5-7-13-28;/h8-11H,4-7,12-16H2,1-3H3,(H2,22,23,24);1H. The maximum atomic E-state index is 4.71. The monoisotopic (exact) mass is 511 g/mol. The molecule has 160 valence electrons. The van der Waals surface area contributed by atoms with Gasteiger partial charge >= 0.3 is 0 Å². The number of nitrogens with one attached hydrogen (secondary N) is 2. The number of likely N-dealkylation sites (tertiary alicyclic amines) is 1. The van der Waals surface area contributed by atoms with Crippen molar-refractivity contribution in [3.05, 3.63) is 47.0 Å². The molecule has 2 heterocycles. The predicted octanol–water partition coefficient (Wildman–Crippen LogP) is 2.98. The Kier molecular flexibility index (Phi) is 9.86. The zero-order valence-electron chi connectivity index (χ0n) is 17.8. The van der Waals surface area contributed by atoms with Gasteiger partial charge in [0, 0.05) is 20.1 Å². The average molecular weight is 511 g/mol. The van der Waals surface area contributed by atoms with Crippen molar-refractivity contribution in [3.63, 3.8) is 0 Å². The first kappa shape index (κ1) is 23.6. The van der Waals surface area contributed by atoms with Crippen LogP contribution in [0.2, 0.25) is 0 Å². The van der Waals surface area contributed by atoms with E-state index in [9.17, 15) is 0 Å². The fraction of sp³-hybridized carbons (Fsp3) is 0.571. The number of halogens is 1. The van der Waals surface area contributed by atoms with Crippen LogP contribution < -0.4 is 10.6 Å². The van der Waals surface area contributed by atoms with Crippen LogP contribution in [0.25, 0.3) is 0 Å². The maximum Gasteiger partial charge on any atom is 0.191 e. The lowest BCUT2D eigenvalue weighted by atomic mass is 10.1. The molecule has 8 heteroatoms. The van der Waals surface area contributed by atoms with Crippen LogP contribution >= 0.6 is 24.0 Å². The predicted molar refractivity (Wildman–Crippen MR) is 128 cm³/mol. The zero-order valence-corrected chi connectivity index (χ0v) is 20.1. The minimum atomic E-state index is 0. The summed E-state index contributed by atoms with van der Waals surface area (Å²) >= 11 is 0. The van der Waals surface area contributed by atoms with E-state index in [1.807, 2.05) is 18.5 Å². The number of guanidine groups is 1. The number of aryl methyl sites for hydroxylation is 1. The van der Waals surface area contributed by atoms with Crippen molar-refractivity contribution in [3.8, 4) is 0 Å². The van der Waals surface area contributed by atoms with Gasteiger partial charge in [-0.05, 0) is 50.9 Å². The number of hydrogen-bond acceptors (Lipinski definition) is 4. The van der Waals surface area contributed by atoms with Crippen LogP contribution in [0, 0.1) is 6.92 Å². The van der Waals surface area contributed by atoms with E-state index in [1.54, 1.807) is 0 Å². The summed E-state index contributed by atoms with van der Waals surface area (Å²) in [5, 5.41) is 14.9. The molecule has 0 saturated carbocycles. The molecule has 0 amide bonds. The first-order valence-corrected chi connectivity index (χ1v) is 10.3. The van der Waals surface area contributed by atoms with Crippen LogP contribution in [-0.2, 0) is 26.7 Å². The highest BCUT2D eigenvalue weighted by molar-refractivity contribution is 14.0. The van der Waals surface area contributed by atoms with E-state index in [0.29, 0.717) is 13.1 Å². The SMILES string of the molecule is CCNC(=NCc1ccc(CN2CCCCC2)cc1)NCc1nnc(C)n1C.I. The minimum absolute atomic E-state index is 0. The van der Waals surface area contributed by atoms with Crippen LogP contribution in [0.3, 0.4) is 0 Å². The molecular weight excluding hydrogens is 477 g/mol. The molecule has 1 fully saturated rings. The highest BCUT2D eigenvalue weighted by Crippen LogP contribution is 2.14. The molecule has 7 nitrogen and oxygen atoms in total. The molecule has 1 aliphatic heterocycles. The first-order chi connectivity index (χ1) is 13.7. The second-order valence-corrected chi connectivity index (χ2v) is 7.42. The molecule has 0 aliphatic carbocycles. The fourth-order valence-electron chi connectivity index (χ4n) is 3.41. The Labute approximate surface area is 191 Å². The fourth-order valence-corrected chi connectivity index (χ4v) is 3.41. The normalized spacial score (nSPS) is 15.1. The van der Waals surface area contributed by atoms with Gasteiger partial charge in [-0.15, -0.1) is 34.2 Å². The Balaban J connectivity index is 0.00000300. The zero-order chi connectivity index (χ0) is 19.8. The second-order valence-electron chi connectivity index (χ2n) is 7.42. The summed E-state index contributed by atoms with van der Waals surface area (Å²) in [6, 6.07) is 8.86. The van der Waals surface area contributed by atoms with Gasteiger partial charge in [-0.3, -0.25) is 4.90 Å². The molecule has 1 aromatic carbocycles. The van der Waals surface area contributed by atoms with Crippen molar-refractivity contribution in [1.82, 2.24) is 30.3 Å². The van der Waals surface area contributed by atoms with E-state index in [0.717, 1.165) is 30.7 Å². The Bertz CT molecular complexity index is 764. The van der Waals surface area contributed by atoms with Crippen molar-refractivity contribution in [2.75, 3.05) is 19.6 Å². The Hall–Kier alpha value is -1.68. The van der Waals surface area contributed by atoms with Crippen molar-refractivity contribution in [2.45, 2.75) is 52.7 Å². The Morgan fingerprint density at radius 3 is 2.34 bits per heavy atom. The molecule has 0 radical (unpaired) electrons. The van der Waals surface area contributed by atoms with Crippen LogP contribution in [0.4, 0.5) is 0 Å². The first-order valence-electron chi connectivity index (χ1n) is 10.3. The van der Waals surface area contributed by atoms with Gasteiger partial charge in [-0.2, -0.15) is 0 Å². The molecule has 1 saturated heterocycles. The van der Waals surface area contributed by atoms with Gasteiger partial charge in [-0.1, -0.05) is 30.7 Å². The summed E-state index contributed by atoms with van der Waals surface area (Å²) < 4.78 is 1.98. The Morgan fingerprint density at radius 1 is 1.03 bits per heavy atom. The third-order valence-electron chi connectivity index (χ3n) is 5.24. The second kappa shape index (κ2) is 12.1. The molecule has 29 heavy (non-hydrogen) atoms. The molecule has 0 spiro atoms. The van der Waals surface area contributed by atoms with Crippen LogP contribution in [-0.4, -0.2) is 45.3 Å². The lowest BCUT2D eigenvalue weighted by molar-refractivity contribution is 0.221. The topological polar surface area (TPSA) is 70.4 Å². The maximum absolute atomic E-state index is 4.71. The number of rotatable bonds is 7. The summed E-state index contributed by atoms with van der Waals surface area (Å²) in [7, 11) is 1.97. The lowest BCUT2D eigenvalue weighted by Gasteiger charge is -2.26. The third kappa shape index (κ3) is 7.26. The third-order valence-corrected chi connectivity index (χ3v) is 5.24. The van der Waals surface area contributed by atoms with Gasteiger partial charge < -0.3 is 15.2 Å². The van der Waals surface area contributed by atoms with Gasteiger partial charge in [0.25, 0.3) is 0 Å². The number of hydrogen-bond donors (Lipinski definition) is 2. The summed E-state index contributed by atoms with van der Waals surface area (Å²) in [6.45, 7) is 9.60. The number of aliphatic imine (C=N–C) groups is 1. The largest absolute Gasteiger partial charge is 0.357 e. The van der Waals surface area contributed by atoms with Crippen LogP contribution in [0.5, 0.6) is 0 Å². The van der Waals surface area contributed by atoms with E-state index >= 15 is 0 Å². The number of nitrogens with zero attached hydrogens (tertiary/aromatic N) is 5. The summed E-state index contributed by atoms with van der Waals surface area (Å²) in [6.07, 6.45) is 4.05. The van der Waals surface area contributed by atoms with Gasteiger partial charge in [0.05, 0.1) is 13.1 Å². The molecule has 2 aromatic rings. The molecule has 2 N–H and O–H groups in total. The molecular formula is C21H34IN7. The van der Waals surface area contributed by atoms with Gasteiger partial charge in [0.1, 0.15) is 5.82 Å². The summed E-state index contributed by atoms with van der Waals surface area (Å²) in [4.78, 5) is 7.26. The van der Waals surface area contributed by atoms with Crippen LogP contribution in [0.1, 0.15) is 49.0 Å². The van der Waals surface area contributed by atoms with E-state index in [-0.39, 0.29) is 24.0 Å². The van der Waals surface area contributed by atoms with Gasteiger partial charge in [0.2, 0.25) is 0 Å². The highest BCUT2D eigenvalue weighted by Gasteiger charge is 2.10. The van der Waals surface area contributed by atoms with Crippen LogP contribution in [0.15, 0.2) is 29.3 Å². The molecule has 3 rings (SSSR count). The Morgan fingerprint density at radius 2 is 1.72 bits per heavy atom. The summed E-state index contributed by atoms with van der Waals surface area (Å²) in [5.74, 6) is 2.59. The number of benzene rings is 1. The average Bonchev–Trinajstić information content (AvgIpc) is 3.04. The van der Waals surface area contributed by atoms with Crippen molar-refractivity contribution >= 4 is 29.9 Å². The van der Waals surface area contributed by atoms with Crippen molar-refractivity contribution in [1.29, 1.82) is 0 Å². The minimum Gasteiger partial charge on any atom is -0.357 e. The van der Waals surface area contributed by atoms with Gasteiger partial charge in [-0.25, -0.2) is 4.99 Å². The lowest BCUT2D eigenvalue weighted by Crippen LogP contribution is -2.37. The molecule has 1 aliphatic rings. The smallest absolute Gasteiger partial charge is 0.191 e. The van der Waals surface area contributed by atoms with Crippen molar-refractivity contribution < 1.29 is 0 Å². The van der Waals surface area contributed by atoms with E-state index in [2.05, 4.69) is 56.9 Å². The highest BCUT2D eigenvalue weighted by atomic mass is 127. The quantitative estimate of drug-likeness (QED) is 0.340. The van der Waals surface area contributed by atoms with Crippen molar-refractivity contribution in [2.24, 2.45) is 12.0 Å². The molecule has 0 bridgehead atoms. The molecule has 0 unspecified atom stereocenters. The van der Waals surface area contributed by atoms with E-state index in [1.165, 1.54) is 43.5 Å². The summed E-state index contributed by atoms with van der Waals surface area (Å²) in [5.41, 5.74) is 2.60. The number of aromatic nitrogens is 3. The molecule has 1 aromatic heterocycles. The van der Waals surface area contributed by atoms with E-state index < -0.39 is 0 Å². The number of piperidine rings is 1.